The van der Waals surface area contributed by atoms with E-state index in [0.29, 0.717) is 6.54 Å². The molecule has 0 bridgehead atoms. The summed E-state index contributed by atoms with van der Waals surface area (Å²) < 4.78 is 28.7. The molecule has 0 saturated carbocycles. The quantitative estimate of drug-likeness (QED) is 0.659. The van der Waals surface area contributed by atoms with Crippen molar-refractivity contribution in [3.8, 4) is 0 Å². The van der Waals surface area contributed by atoms with Crippen molar-refractivity contribution in [2.24, 2.45) is 0 Å². The first-order valence-electron chi connectivity index (χ1n) is 5.70. The van der Waals surface area contributed by atoms with Crippen molar-refractivity contribution >= 4 is 5.97 Å². The molecule has 2 atom stereocenters. The van der Waals surface area contributed by atoms with Crippen molar-refractivity contribution in [3.63, 3.8) is 0 Å². The van der Waals surface area contributed by atoms with Crippen LogP contribution >= 0.6 is 0 Å². The molecule has 0 radical (unpaired) electrons. The van der Waals surface area contributed by atoms with Crippen molar-refractivity contribution in [1.82, 2.24) is 5.32 Å². The molecule has 0 aromatic heterocycles. The third kappa shape index (κ3) is 6.53. The van der Waals surface area contributed by atoms with Crippen molar-refractivity contribution in [2.75, 3.05) is 13.2 Å². The van der Waals surface area contributed by atoms with Gasteiger partial charge in [-0.15, -0.1) is 0 Å². The predicted molar refractivity (Wildman–Crippen MR) is 60.4 cm³/mol. The Kier molecular flexibility index (Phi) is 7.22. The molecule has 0 saturated heterocycles. The van der Waals surface area contributed by atoms with Gasteiger partial charge in [0.05, 0.1) is 6.10 Å². The molecule has 17 heavy (non-hydrogen) atoms. The maximum absolute atomic E-state index is 11.9. The lowest BCUT2D eigenvalue weighted by molar-refractivity contribution is -0.146. The number of aliphatic carboxylic acids is 1. The predicted octanol–water partition coefficient (Wildman–Crippen LogP) is 1.89. The Hall–Kier alpha value is -0.750. The number of hydrogen-bond acceptors (Lipinski definition) is 3. The van der Waals surface area contributed by atoms with Crippen molar-refractivity contribution in [3.05, 3.63) is 0 Å². The van der Waals surface area contributed by atoms with Gasteiger partial charge in [-0.1, -0.05) is 6.92 Å². The van der Waals surface area contributed by atoms with E-state index in [-0.39, 0.29) is 6.42 Å². The minimum Gasteiger partial charge on any atom is -0.480 e. The van der Waals surface area contributed by atoms with E-state index in [1.54, 1.807) is 6.92 Å². The number of carbonyl (C=O) groups is 1. The van der Waals surface area contributed by atoms with Crippen LogP contribution in [-0.4, -0.2) is 42.3 Å². The average molecular weight is 253 g/mol. The molecule has 0 amide bonds. The number of hydrogen-bond donors (Lipinski definition) is 2. The molecular weight excluding hydrogens is 232 g/mol. The van der Waals surface area contributed by atoms with Crippen LogP contribution in [0.4, 0.5) is 8.78 Å². The molecule has 0 aliphatic carbocycles. The Morgan fingerprint density at radius 3 is 2.53 bits per heavy atom. The summed E-state index contributed by atoms with van der Waals surface area (Å²) in [6.07, 6.45) is -2.11. The van der Waals surface area contributed by atoms with Gasteiger partial charge in [0.25, 0.3) is 6.43 Å². The SMILES string of the molecule is CCCNC(C)(CC(C)OCC(F)F)C(=O)O. The summed E-state index contributed by atoms with van der Waals surface area (Å²) in [5, 5.41) is 12.0. The first-order chi connectivity index (χ1) is 7.81. The van der Waals surface area contributed by atoms with E-state index in [9.17, 15) is 13.6 Å². The topological polar surface area (TPSA) is 58.6 Å². The molecular formula is C11H21F2NO3. The number of halogens is 2. The molecule has 0 aliphatic rings. The lowest BCUT2D eigenvalue weighted by Crippen LogP contribution is -2.51. The highest BCUT2D eigenvalue weighted by molar-refractivity contribution is 5.78. The van der Waals surface area contributed by atoms with Crippen molar-refractivity contribution in [2.45, 2.75) is 51.7 Å². The fraction of sp³-hybridized carbons (Fsp3) is 0.909. The van der Waals surface area contributed by atoms with Gasteiger partial charge in [-0.05, 0) is 26.8 Å². The minimum atomic E-state index is -2.53. The van der Waals surface area contributed by atoms with Crippen LogP contribution in [0.1, 0.15) is 33.6 Å². The van der Waals surface area contributed by atoms with E-state index in [1.807, 2.05) is 6.92 Å². The molecule has 2 N–H and O–H groups in total. The Bertz CT molecular complexity index is 239. The van der Waals surface area contributed by atoms with Crippen LogP contribution in [0.3, 0.4) is 0 Å². The molecule has 0 spiro atoms. The normalized spacial score (nSPS) is 16.8. The highest BCUT2D eigenvalue weighted by Crippen LogP contribution is 2.15. The van der Waals surface area contributed by atoms with E-state index in [0.717, 1.165) is 6.42 Å². The fourth-order valence-corrected chi connectivity index (χ4v) is 1.51. The van der Waals surface area contributed by atoms with Gasteiger partial charge >= 0.3 is 5.97 Å². The summed E-state index contributed by atoms with van der Waals surface area (Å²) >= 11 is 0. The zero-order chi connectivity index (χ0) is 13.5. The van der Waals surface area contributed by atoms with Gasteiger partial charge in [-0.2, -0.15) is 0 Å². The van der Waals surface area contributed by atoms with Crippen LogP contribution in [0.2, 0.25) is 0 Å². The molecule has 2 unspecified atom stereocenters. The standard InChI is InChI=1S/C11H21F2NO3/c1-4-5-14-11(3,10(15)16)6-8(2)17-7-9(12)13/h8-9,14H,4-7H2,1-3H3,(H,15,16). The van der Waals surface area contributed by atoms with Gasteiger partial charge in [0, 0.05) is 6.42 Å². The van der Waals surface area contributed by atoms with Crippen LogP contribution in [0, 0.1) is 0 Å². The van der Waals surface area contributed by atoms with E-state index < -0.39 is 30.6 Å². The van der Waals surface area contributed by atoms with Crippen molar-refractivity contribution < 1.29 is 23.4 Å². The summed E-state index contributed by atoms with van der Waals surface area (Å²) in [4.78, 5) is 11.1. The van der Waals surface area contributed by atoms with Gasteiger partial charge in [0.1, 0.15) is 12.1 Å². The minimum absolute atomic E-state index is 0.148. The lowest BCUT2D eigenvalue weighted by Gasteiger charge is -2.29. The zero-order valence-corrected chi connectivity index (χ0v) is 10.5. The zero-order valence-electron chi connectivity index (χ0n) is 10.5. The van der Waals surface area contributed by atoms with E-state index in [4.69, 9.17) is 9.84 Å². The highest BCUT2D eigenvalue weighted by atomic mass is 19.3. The van der Waals surface area contributed by atoms with E-state index in [1.165, 1.54) is 6.92 Å². The molecule has 6 heteroatoms. The van der Waals surface area contributed by atoms with Crippen LogP contribution in [-0.2, 0) is 9.53 Å². The van der Waals surface area contributed by atoms with Crippen LogP contribution in [0.15, 0.2) is 0 Å². The second kappa shape index (κ2) is 7.55. The molecule has 102 valence electrons. The van der Waals surface area contributed by atoms with E-state index in [2.05, 4.69) is 5.32 Å². The molecule has 0 aromatic carbocycles. The summed E-state index contributed by atoms with van der Waals surface area (Å²) in [5.74, 6) is -1.00. The van der Waals surface area contributed by atoms with Crippen LogP contribution < -0.4 is 5.32 Å². The number of rotatable bonds is 9. The molecule has 0 aromatic rings. The number of ether oxygens (including phenoxy) is 1. The van der Waals surface area contributed by atoms with Crippen molar-refractivity contribution in [1.29, 1.82) is 0 Å². The summed E-state index contributed by atoms with van der Waals surface area (Å²) in [6, 6.07) is 0. The van der Waals surface area contributed by atoms with Crippen LogP contribution in [0.25, 0.3) is 0 Å². The fourth-order valence-electron chi connectivity index (χ4n) is 1.51. The Labute approximate surface area is 100 Å². The molecule has 0 heterocycles. The number of carboxylic acid groups (broad SMARTS) is 1. The van der Waals surface area contributed by atoms with Gasteiger partial charge in [-0.25, -0.2) is 8.78 Å². The summed E-state index contributed by atoms with van der Waals surface area (Å²) in [7, 11) is 0. The number of alkyl halides is 2. The Morgan fingerprint density at radius 2 is 2.12 bits per heavy atom. The van der Waals surface area contributed by atoms with E-state index >= 15 is 0 Å². The molecule has 0 aliphatic heterocycles. The van der Waals surface area contributed by atoms with Gasteiger partial charge in [0.2, 0.25) is 0 Å². The average Bonchev–Trinajstić information content (AvgIpc) is 2.23. The maximum atomic E-state index is 11.9. The smallest absolute Gasteiger partial charge is 0.323 e. The van der Waals surface area contributed by atoms with Crippen LogP contribution in [0.5, 0.6) is 0 Å². The van der Waals surface area contributed by atoms with Gasteiger partial charge in [0.15, 0.2) is 0 Å². The first kappa shape index (κ1) is 16.2. The van der Waals surface area contributed by atoms with Gasteiger partial charge in [-0.3, -0.25) is 4.79 Å². The molecule has 0 fully saturated rings. The Morgan fingerprint density at radius 1 is 1.53 bits per heavy atom. The molecule has 0 rings (SSSR count). The summed E-state index contributed by atoms with van der Waals surface area (Å²) in [6.45, 7) is 4.95. The lowest BCUT2D eigenvalue weighted by atomic mass is 9.94. The number of carboxylic acids is 1. The van der Waals surface area contributed by atoms with Gasteiger partial charge < -0.3 is 15.2 Å². The second-order valence-corrected chi connectivity index (χ2v) is 4.30. The third-order valence-electron chi connectivity index (χ3n) is 2.44. The molecule has 4 nitrogen and oxygen atoms in total. The largest absolute Gasteiger partial charge is 0.480 e. The monoisotopic (exact) mass is 253 g/mol. The number of nitrogens with one attached hydrogen (secondary N) is 1. The first-order valence-corrected chi connectivity index (χ1v) is 5.70. The Balaban J connectivity index is 4.28. The summed E-state index contributed by atoms with van der Waals surface area (Å²) in [5.41, 5.74) is -1.14. The highest BCUT2D eigenvalue weighted by Gasteiger charge is 2.34. The second-order valence-electron chi connectivity index (χ2n) is 4.30. The maximum Gasteiger partial charge on any atom is 0.323 e. The third-order valence-corrected chi connectivity index (χ3v) is 2.44.